The lowest BCUT2D eigenvalue weighted by Gasteiger charge is -1.93. The molecule has 0 fully saturated rings. The molecule has 0 N–H and O–H groups in total. The summed E-state index contributed by atoms with van der Waals surface area (Å²) in [5, 5.41) is 0. The average molecular weight is 318 g/mol. The van der Waals surface area contributed by atoms with Crippen LogP contribution in [0.1, 0.15) is 4.11 Å². The summed E-state index contributed by atoms with van der Waals surface area (Å²) in [5.41, 5.74) is 0. The van der Waals surface area contributed by atoms with E-state index < -0.39 is 0 Å². The number of rotatable bonds is 0. The van der Waals surface area contributed by atoms with Gasteiger partial charge in [-0.1, -0.05) is 15.9 Å². The first-order chi connectivity index (χ1) is 5.46. The van der Waals surface area contributed by atoms with Gasteiger partial charge in [0.15, 0.2) is 0 Å². The molecule has 0 bridgehead atoms. The molecule has 3 heteroatoms. The molecule has 1 rings (SSSR count). The van der Waals surface area contributed by atoms with Crippen molar-refractivity contribution in [2.45, 2.75) is 0 Å². The van der Waals surface area contributed by atoms with Gasteiger partial charge in [0.2, 0.25) is 0 Å². The van der Waals surface area contributed by atoms with E-state index in [0.29, 0.717) is 13.4 Å². The molecule has 0 aliphatic heterocycles. The quantitative estimate of drug-likeness (QED) is 0.635. The minimum absolute atomic E-state index is 0.0232. The van der Waals surface area contributed by atoms with Crippen molar-refractivity contribution in [2.24, 2.45) is 0 Å². The van der Waals surface area contributed by atoms with Gasteiger partial charge in [0.05, 0.1) is 4.11 Å². The van der Waals surface area contributed by atoms with Crippen LogP contribution >= 0.6 is 47.8 Å². The van der Waals surface area contributed by atoms with Crippen LogP contribution in [0.5, 0.6) is 0 Å². The Hall–Kier alpha value is 0.660. The number of hydrogen-bond acceptors (Lipinski definition) is 0. The topological polar surface area (TPSA) is 0 Å². The largest absolute Gasteiger partial charge is 0.0647 e. The Balaban J connectivity index is 3.60. The summed E-state index contributed by atoms with van der Waals surface area (Å²) >= 11 is 9.34. The standard InChI is InChI=1S/C6H3Br3/c7-4-1-2-5(8)6(9)3-4/h1-3H/i1D,2D,3D. The van der Waals surface area contributed by atoms with Crippen LogP contribution in [0.25, 0.3) is 0 Å². The van der Waals surface area contributed by atoms with E-state index in [9.17, 15) is 0 Å². The van der Waals surface area contributed by atoms with Gasteiger partial charge < -0.3 is 0 Å². The van der Waals surface area contributed by atoms with Gasteiger partial charge in [-0.15, -0.1) is 0 Å². The Morgan fingerprint density at radius 1 is 1.11 bits per heavy atom. The summed E-state index contributed by atoms with van der Waals surface area (Å²) in [6.45, 7) is 0. The van der Waals surface area contributed by atoms with Crippen molar-refractivity contribution in [3.05, 3.63) is 31.5 Å². The highest BCUT2D eigenvalue weighted by molar-refractivity contribution is 9.13. The Labute approximate surface area is 83.2 Å². The van der Waals surface area contributed by atoms with E-state index in [-0.39, 0.29) is 18.1 Å². The van der Waals surface area contributed by atoms with Gasteiger partial charge in [-0.25, -0.2) is 0 Å². The second kappa shape index (κ2) is 3.17. The third-order valence-corrected chi connectivity index (χ3v) is 2.81. The molecule has 0 atom stereocenters. The number of halogens is 3. The van der Waals surface area contributed by atoms with Crippen LogP contribution in [0.4, 0.5) is 0 Å². The van der Waals surface area contributed by atoms with Crippen LogP contribution in [-0.4, -0.2) is 0 Å². The second-order valence-electron chi connectivity index (χ2n) is 1.32. The van der Waals surface area contributed by atoms with Gasteiger partial charge in [-0.05, 0) is 50.0 Å². The van der Waals surface area contributed by atoms with E-state index >= 15 is 0 Å². The maximum Gasteiger partial charge on any atom is 0.0647 e. The lowest BCUT2D eigenvalue weighted by Crippen LogP contribution is -1.67. The van der Waals surface area contributed by atoms with Gasteiger partial charge in [-0.3, -0.25) is 0 Å². The van der Waals surface area contributed by atoms with Crippen molar-refractivity contribution in [1.82, 2.24) is 0 Å². The molecule has 0 aliphatic carbocycles. The molecule has 48 valence electrons. The van der Waals surface area contributed by atoms with Crippen molar-refractivity contribution < 1.29 is 4.11 Å². The number of benzene rings is 1. The highest BCUT2D eigenvalue weighted by Gasteiger charge is 1.93. The van der Waals surface area contributed by atoms with Gasteiger partial charge in [-0.2, -0.15) is 0 Å². The molecule has 0 saturated carbocycles. The summed E-state index contributed by atoms with van der Waals surface area (Å²) in [5.74, 6) is 0. The summed E-state index contributed by atoms with van der Waals surface area (Å²) in [6.07, 6.45) is 0. The first kappa shape index (κ1) is 4.52. The molecule has 0 radical (unpaired) electrons. The van der Waals surface area contributed by atoms with Crippen LogP contribution in [0.15, 0.2) is 31.5 Å². The fraction of sp³-hybridized carbons (Fsp3) is 0. The fourth-order valence-electron chi connectivity index (χ4n) is 0.347. The molecular formula is C6H3Br3. The van der Waals surface area contributed by atoms with E-state index in [1.54, 1.807) is 0 Å². The van der Waals surface area contributed by atoms with Crippen molar-refractivity contribution in [1.29, 1.82) is 0 Å². The predicted octanol–water partition coefficient (Wildman–Crippen LogP) is 3.97. The second-order valence-corrected chi connectivity index (χ2v) is 3.70. The maximum atomic E-state index is 7.50. The van der Waals surface area contributed by atoms with Gasteiger partial charge >= 0.3 is 0 Å². The van der Waals surface area contributed by atoms with Crippen LogP contribution in [-0.2, 0) is 0 Å². The highest BCUT2D eigenvalue weighted by atomic mass is 79.9. The molecule has 0 heterocycles. The highest BCUT2D eigenvalue weighted by Crippen LogP contribution is 2.25. The SMILES string of the molecule is [2H]c1c([2H])c(Br)c(Br)c([2H])c1Br. The summed E-state index contributed by atoms with van der Waals surface area (Å²) < 4.78 is 23.6. The molecule has 9 heavy (non-hydrogen) atoms. The zero-order valence-corrected chi connectivity index (χ0v) is 8.89. The van der Waals surface area contributed by atoms with Gasteiger partial charge in [0, 0.05) is 13.4 Å². The predicted molar refractivity (Wildman–Crippen MR) is 49.5 cm³/mol. The van der Waals surface area contributed by atoms with Crippen LogP contribution in [0.2, 0.25) is 0 Å². The van der Waals surface area contributed by atoms with Crippen molar-refractivity contribution in [3.63, 3.8) is 0 Å². The minimum atomic E-state index is 0.0232. The Morgan fingerprint density at radius 2 is 1.78 bits per heavy atom. The zero-order valence-electron chi connectivity index (χ0n) is 7.13. The van der Waals surface area contributed by atoms with E-state index in [1.165, 1.54) is 0 Å². The number of hydrogen-bond donors (Lipinski definition) is 0. The molecule has 0 nitrogen and oxygen atoms in total. The van der Waals surface area contributed by atoms with Crippen molar-refractivity contribution in [3.8, 4) is 0 Å². The molecule has 0 amide bonds. The molecule has 0 aliphatic rings. The first-order valence-corrected chi connectivity index (χ1v) is 4.45. The summed E-state index contributed by atoms with van der Waals surface area (Å²) in [7, 11) is 0. The molecule has 1 aromatic carbocycles. The lowest BCUT2D eigenvalue weighted by atomic mass is 10.4. The van der Waals surface area contributed by atoms with Crippen LogP contribution < -0.4 is 0 Å². The first-order valence-electron chi connectivity index (χ1n) is 3.57. The fourth-order valence-corrected chi connectivity index (χ4v) is 1.41. The smallest absolute Gasteiger partial charge is 0.0508 e. The van der Waals surface area contributed by atoms with Crippen molar-refractivity contribution in [2.75, 3.05) is 0 Å². The lowest BCUT2D eigenvalue weighted by molar-refractivity contribution is 1.55. The molecular weight excluding hydrogens is 312 g/mol. The van der Waals surface area contributed by atoms with Gasteiger partial charge in [0.25, 0.3) is 0 Å². The molecule has 0 aromatic heterocycles. The molecule has 1 aromatic rings. The Bertz CT molecular complexity index is 232. The molecule has 0 spiro atoms. The van der Waals surface area contributed by atoms with E-state index in [2.05, 4.69) is 47.8 Å². The normalized spacial score (nSPS) is 14.3. The van der Waals surface area contributed by atoms with Crippen LogP contribution in [0, 0.1) is 0 Å². The maximum absolute atomic E-state index is 7.50. The summed E-state index contributed by atoms with van der Waals surface area (Å²) in [6, 6.07) is 0.280. The molecule has 0 unspecified atom stereocenters. The van der Waals surface area contributed by atoms with Crippen molar-refractivity contribution >= 4 is 47.8 Å². The third kappa shape index (κ3) is 2.06. The average Bonchev–Trinajstić information content (AvgIpc) is 2.08. The van der Waals surface area contributed by atoms with E-state index in [4.69, 9.17) is 4.11 Å². The van der Waals surface area contributed by atoms with Crippen LogP contribution in [0.3, 0.4) is 0 Å². The third-order valence-electron chi connectivity index (χ3n) is 0.694. The zero-order chi connectivity index (χ0) is 9.46. The summed E-state index contributed by atoms with van der Waals surface area (Å²) in [4.78, 5) is 0. The van der Waals surface area contributed by atoms with E-state index in [1.807, 2.05) is 0 Å². The minimum Gasteiger partial charge on any atom is -0.0508 e. The monoisotopic (exact) mass is 315 g/mol. The Kier molecular flexibility index (Phi) is 1.59. The Morgan fingerprint density at radius 3 is 2.44 bits per heavy atom. The van der Waals surface area contributed by atoms with E-state index in [0.717, 1.165) is 0 Å². The van der Waals surface area contributed by atoms with Gasteiger partial charge in [0.1, 0.15) is 0 Å². The molecule has 0 saturated heterocycles.